The molecule has 0 aromatic rings. The smallest absolute Gasteiger partial charge is 0.359 e. The second-order valence-corrected chi connectivity index (χ2v) is 10.0. The van der Waals surface area contributed by atoms with Crippen LogP contribution in [0.5, 0.6) is 0 Å². The maximum atomic E-state index is 14.5. The van der Waals surface area contributed by atoms with Crippen LogP contribution >= 0.6 is 0 Å². The predicted molar refractivity (Wildman–Crippen MR) is 131 cm³/mol. The lowest BCUT2D eigenvalue weighted by Crippen LogP contribution is -2.88. The van der Waals surface area contributed by atoms with Crippen LogP contribution in [0.1, 0.15) is 57.8 Å². The Morgan fingerprint density at radius 1 is 0.581 bits per heavy atom. The molecule has 0 unspecified atom stereocenters. The van der Waals surface area contributed by atoms with Crippen LogP contribution in [0, 0.1) is 0 Å². The quantitative estimate of drug-likeness (QED) is 0.120. The zero-order chi connectivity index (χ0) is 31.7. The van der Waals surface area contributed by atoms with E-state index < -0.39 is 148 Å². The Balaban J connectivity index is 2.17. The highest BCUT2D eigenvalue weighted by molar-refractivity contribution is 6.16. The number of amides is 8. The van der Waals surface area contributed by atoms with Gasteiger partial charge in [0, 0.05) is 51.4 Å². The predicted octanol–water partition coefficient (Wildman–Crippen LogP) is -3.00. The van der Waals surface area contributed by atoms with Crippen molar-refractivity contribution in [2.75, 3.05) is 26.4 Å². The lowest BCUT2D eigenvalue weighted by Gasteiger charge is -2.58. The van der Waals surface area contributed by atoms with Gasteiger partial charge in [-0.3, -0.25) is 53.0 Å². The summed E-state index contributed by atoms with van der Waals surface area (Å²) < 4.78 is 10.3. The summed E-state index contributed by atoms with van der Waals surface area (Å²) in [6, 6.07) is 0. The van der Waals surface area contributed by atoms with Crippen LogP contribution in [0.15, 0.2) is 0 Å². The molecule has 4 rings (SSSR count). The number of carboxylic acid groups (broad SMARTS) is 1. The molecule has 0 spiro atoms. The standard InChI is InChI=1S/C25H28N4O14/c30-9-10-42-11-12-43-23(41)25(28-18(35)5-6-19(28)36,29-20(37)7-8-21(29)38)24(13-22(39)40,26-14(31)1-2-15(26)32)27-16(33)3-4-17(27)34/h30H,1-13H2,(H,39,40). The summed E-state index contributed by atoms with van der Waals surface area (Å²) in [7, 11) is 0. The fraction of sp³-hybridized carbons (Fsp3) is 0.600. The third-order valence-electron chi connectivity index (χ3n) is 7.53. The molecule has 4 aliphatic heterocycles. The summed E-state index contributed by atoms with van der Waals surface area (Å²) >= 11 is 0. The van der Waals surface area contributed by atoms with E-state index in [-0.39, 0.29) is 26.2 Å². The minimum atomic E-state index is -3.66. The molecule has 0 aromatic heterocycles. The Labute approximate surface area is 242 Å². The van der Waals surface area contributed by atoms with E-state index in [2.05, 4.69) is 0 Å². The van der Waals surface area contributed by atoms with Gasteiger partial charge in [-0.15, -0.1) is 0 Å². The van der Waals surface area contributed by atoms with E-state index in [1.807, 2.05) is 0 Å². The van der Waals surface area contributed by atoms with Gasteiger partial charge in [0.1, 0.15) is 6.61 Å². The number of rotatable bonds is 13. The summed E-state index contributed by atoms with van der Waals surface area (Å²) in [6.07, 6.45) is -6.52. The van der Waals surface area contributed by atoms with Crippen molar-refractivity contribution >= 4 is 59.2 Å². The van der Waals surface area contributed by atoms with Crippen LogP contribution in [-0.4, -0.2) is 127 Å². The van der Waals surface area contributed by atoms with Crippen LogP contribution in [0.3, 0.4) is 0 Å². The zero-order valence-corrected chi connectivity index (χ0v) is 22.8. The van der Waals surface area contributed by atoms with Crippen molar-refractivity contribution in [3.8, 4) is 0 Å². The molecule has 18 heteroatoms. The van der Waals surface area contributed by atoms with Crippen LogP contribution in [0.25, 0.3) is 0 Å². The topological polar surface area (TPSA) is 243 Å². The van der Waals surface area contributed by atoms with Crippen molar-refractivity contribution in [3.63, 3.8) is 0 Å². The molecule has 0 aliphatic carbocycles. The molecule has 4 saturated heterocycles. The monoisotopic (exact) mass is 608 g/mol. The number of ether oxygens (including phenoxy) is 2. The van der Waals surface area contributed by atoms with Gasteiger partial charge in [0.25, 0.3) is 5.66 Å². The van der Waals surface area contributed by atoms with E-state index in [1.165, 1.54) is 0 Å². The molecule has 0 atom stereocenters. The largest absolute Gasteiger partial charge is 0.481 e. The maximum Gasteiger partial charge on any atom is 0.359 e. The van der Waals surface area contributed by atoms with Gasteiger partial charge in [0.2, 0.25) is 47.3 Å². The molecule has 18 nitrogen and oxygen atoms in total. The average Bonchev–Trinajstić information content (AvgIpc) is 3.67. The molecular formula is C25H28N4O14. The summed E-state index contributed by atoms with van der Waals surface area (Å²) in [5.41, 5.74) is -7.13. The van der Waals surface area contributed by atoms with Crippen molar-refractivity contribution in [2.45, 2.75) is 69.1 Å². The van der Waals surface area contributed by atoms with Crippen LogP contribution < -0.4 is 0 Å². The maximum absolute atomic E-state index is 14.5. The Bertz CT molecular complexity index is 1190. The van der Waals surface area contributed by atoms with Gasteiger partial charge >= 0.3 is 11.9 Å². The lowest BCUT2D eigenvalue weighted by molar-refractivity contribution is -0.228. The number of likely N-dealkylation sites (tertiary alicyclic amines) is 4. The summed E-state index contributed by atoms with van der Waals surface area (Å²) in [4.78, 5) is 135. The SMILES string of the molecule is O=C(O)CC(N1C(=O)CCC1=O)(N1C(=O)CCC1=O)C(C(=O)OCCOCCO)(N1C(=O)CCC1=O)N1C(=O)CCC1=O. The molecule has 4 aliphatic rings. The molecule has 2 N–H and O–H groups in total. The second kappa shape index (κ2) is 12.0. The van der Waals surface area contributed by atoms with Gasteiger partial charge in [-0.2, -0.15) is 0 Å². The van der Waals surface area contributed by atoms with Gasteiger partial charge < -0.3 is 19.7 Å². The molecule has 0 radical (unpaired) electrons. The Hall–Kier alpha value is -4.58. The Morgan fingerprint density at radius 2 is 0.930 bits per heavy atom. The van der Waals surface area contributed by atoms with Gasteiger partial charge in [-0.25, -0.2) is 14.6 Å². The minimum Gasteiger partial charge on any atom is -0.481 e. The molecule has 4 fully saturated rings. The second-order valence-electron chi connectivity index (χ2n) is 10.0. The third-order valence-corrected chi connectivity index (χ3v) is 7.53. The van der Waals surface area contributed by atoms with Crippen LogP contribution in [0.2, 0.25) is 0 Å². The molecule has 0 bridgehead atoms. The van der Waals surface area contributed by atoms with E-state index in [1.54, 1.807) is 0 Å². The molecule has 0 aromatic carbocycles. The fourth-order valence-corrected chi connectivity index (χ4v) is 6.02. The van der Waals surface area contributed by atoms with Crippen molar-refractivity contribution in [1.82, 2.24) is 19.6 Å². The number of nitrogens with zero attached hydrogens (tertiary/aromatic N) is 4. The van der Waals surface area contributed by atoms with E-state index in [4.69, 9.17) is 14.6 Å². The highest BCUT2D eigenvalue weighted by Crippen LogP contribution is 2.50. The first kappa shape index (κ1) is 31.4. The number of hydrogen-bond acceptors (Lipinski definition) is 13. The number of imide groups is 4. The third kappa shape index (κ3) is 4.85. The van der Waals surface area contributed by atoms with Crippen LogP contribution in [-0.2, 0) is 57.4 Å². The van der Waals surface area contributed by atoms with Crippen molar-refractivity contribution in [2.24, 2.45) is 0 Å². The van der Waals surface area contributed by atoms with Crippen molar-refractivity contribution in [1.29, 1.82) is 0 Å². The molecular weight excluding hydrogens is 580 g/mol. The molecule has 43 heavy (non-hydrogen) atoms. The van der Waals surface area contributed by atoms with E-state index in [9.17, 15) is 53.1 Å². The minimum absolute atomic E-state index is 0.0751. The summed E-state index contributed by atoms with van der Waals surface area (Å²) in [6.45, 7) is -1.81. The first-order chi connectivity index (χ1) is 20.4. The van der Waals surface area contributed by atoms with E-state index in [0.29, 0.717) is 0 Å². The first-order valence-corrected chi connectivity index (χ1v) is 13.4. The number of carbonyl (C=O) groups is 10. The highest BCUT2D eigenvalue weighted by atomic mass is 16.6. The average molecular weight is 609 g/mol. The van der Waals surface area contributed by atoms with Crippen molar-refractivity contribution in [3.05, 3.63) is 0 Å². The molecule has 0 saturated carbocycles. The molecule has 4 heterocycles. The lowest BCUT2D eigenvalue weighted by atomic mass is 9.81. The van der Waals surface area contributed by atoms with Gasteiger partial charge in [0.15, 0.2) is 5.66 Å². The molecule has 232 valence electrons. The zero-order valence-electron chi connectivity index (χ0n) is 22.8. The van der Waals surface area contributed by atoms with Gasteiger partial charge in [-0.1, -0.05) is 0 Å². The van der Waals surface area contributed by atoms with E-state index in [0.717, 1.165) is 0 Å². The molecule has 8 amide bonds. The van der Waals surface area contributed by atoms with E-state index >= 15 is 0 Å². The number of hydrogen-bond donors (Lipinski definition) is 2. The Morgan fingerprint density at radius 3 is 1.26 bits per heavy atom. The number of esters is 1. The Kier molecular flexibility index (Phi) is 8.72. The van der Waals surface area contributed by atoms with Crippen molar-refractivity contribution < 1.29 is 67.6 Å². The number of aliphatic hydroxyl groups excluding tert-OH is 1. The van der Waals surface area contributed by atoms with Crippen LogP contribution in [0.4, 0.5) is 0 Å². The number of carbonyl (C=O) groups excluding carboxylic acids is 9. The normalized spacial score (nSPS) is 20.0. The highest BCUT2D eigenvalue weighted by Gasteiger charge is 2.79. The number of carboxylic acids is 1. The number of aliphatic carboxylic acids is 1. The summed E-state index contributed by atoms with van der Waals surface area (Å²) in [5.74, 6) is -13.6. The fourth-order valence-electron chi connectivity index (χ4n) is 6.02. The van der Waals surface area contributed by atoms with Gasteiger partial charge in [0.05, 0.1) is 26.2 Å². The summed E-state index contributed by atoms with van der Waals surface area (Å²) in [5, 5.41) is 19.2. The first-order valence-electron chi connectivity index (χ1n) is 13.4. The van der Waals surface area contributed by atoms with Gasteiger partial charge in [-0.05, 0) is 0 Å². The number of aliphatic hydroxyl groups is 1.